The molecule has 100 valence electrons. The van der Waals surface area contributed by atoms with E-state index >= 15 is 0 Å². The molecule has 0 aliphatic carbocycles. The van der Waals surface area contributed by atoms with Crippen LogP contribution >= 0.6 is 0 Å². The highest BCUT2D eigenvalue weighted by Gasteiger charge is 2.41. The van der Waals surface area contributed by atoms with Crippen LogP contribution in [0.15, 0.2) is 30.3 Å². The molecule has 1 fully saturated rings. The highest BCUT2D eigenvalue weighted by molar-refractivity contribution is 6.08. The van der Waals surface area contributed by atoms with Crippen molar-refractivity contribution in [2.45, 2.75) is 25.8 Å². The highest BCUT2D eigenvalue weighted by Crippen LogP contribution is 2.22. The maximum absolute atomic E-state index is 12.3. The van der Waals surface area contributed by atoms with Crippen LogP contribution < -0.4 is 0 Å². The SMILES string of the molecule is CCOC(=O)C1CCC(=O)N1C(=O)c1ccccc1. The Morgan fingerprint density at radius 3 is 2.63 bits per heavy atom. The summed E-state index contributed by atoms with van der Waals surface area (Å²) >= 11 is 0. The lowest BCUT2D eigenvalue weighted by Crippen LogP contribution is -2.43. The molecule has 1 unspecified atom stereocenters. The highest BCUT2D eigenvalue weighted by atomic mass is 16.5. The smallest absolute Gasteiger partial charge is 0.329 e. The van der Waals surface area contributed by atoms with Crippen molar-refractivity contribution < 1.29 is 19.1 Å². The minimum atomic E-state index is -0.792. The van der Waals surface area contributed by atoms with Gasteiger partial charge in [-0.05, 0) is 25.5 Å². The maximum Gasteiger partial charge on any atom is 0.329 e. The third-order valence-corrected chi connectivity index (χ3v) is 3.01. The van der Waals surface area contributed by atoms with E-state index in [0.29, 0.717) is 12.0 Å². The fourth-order valence-corrected chi connectivity index (χ4v) is 2.12. The van der Waals surface area contributed by atoms with Gasteiger partial charge in [-0.1, -0.05) is 18.2 Å². The van der Waals surface area contributed by atoms with Gasteiger partial charge in [-0.2, -0.15) is 0 Å². The number of imide groups is 1. The van der Waals surface area contributed by atoms with Crippen LogP contribution in [-0.2, 0) is 14.3 Å². The van der Waals surface area contributed by atoms with Crippen LogP contribution in [0.3, 0.4) is 0 Å². The predicted octanol–water partition coefficient (Wildman–Crippen LogP) is 1.38. The quantitative estimate of drug-likeness (QED) is 0.609. The predicted molar refractivity (Wildman–Crippen MR) is 67.3 cm³/mol. The number of ether oxygens (including phenoxy) is 1. The molecule has 1 aromatic carbocycles. The van der Waals surface area contributed by atoms with E-state index < -0.39 is 17.9 Å². The maximum atomic E-state index is 12.3. The molecule has 0 spiro atoms. The zero-order valence-corrected chi connectivity index (χ0v) is 10.7. The summed E-state index contributed by atoms with van der Waals surface area (Å²) in [6, 6.07) is 7.66. The third-order valence-electron chi connectivity index (χ3n) is 3.01. The summed E-state index contributed by atoms with van der Waals surface area (Å²) in [4.78, 5) is 36.9. The number of rotatable bonds is 3. The Morgan fingerprint density at radius 1 is 1.32 bits per heavy atom. The molecule has 19 heavy (non-hydrogen) atoms. The van der Waals surface area contributed by atoms with E-state index in [1.807, 2.05) is 0 Å². The van der Waals surface area contributed by atoms with Gasteiger partial charge in [0, 0.05) is 12.0 Å². The van der Waals surface area contributed by atoms with Gasteiger partial charge in [0.25, 0.3) is 5.91 Å². The van der Waals surface area contributed by atoms with Gasteiger partial charge in [-0.15, -0.1) is 0 Å². The zero-order chi connectivity index (χ0) is 13.8. The molecule has 1 aliphatic rings. The molecule has 2 rings (SSSR count). The first kappa shape index (κ1) is 13.3. The molecular formula is C14H15NO4. The van der Waals surface area contributed by atoms with Crippen molar-refractivity contribution in [2.24, 2.45) is 0 Å². The second kappa shape index (κ2) is 5.65. The molecule has 0 aromatic heterocycles. The molecule has 1 saturated heterocycles. The first-order valence-corrected chi connectivity index (χ1v) is 6.23. The van der Waals surface area contributed by atoms with Crippen LogP contribution in [0.5, 0.6) is 0 Å². The molecular weight excluding hydrogens is 246 g/mol. The average Bonchev–Trinajstić information content (AvgIpc) is 2.81. The lowest BCUT2D eigenvalue weighted by Gasteiger charge is -2.21. The molecule has 1 aromatic rings. The molecule has 0 N–H and O–H groups in total. The monoisotopic (exact) mass is 261 g/mol. The molecule has 5 nitrogen and oxygen atoms in total. The van der Waals surface area contributed by atoms with Gasteiger partial charge in [0.2, 0.25) is 5.91 Å². The number of carbonyl (C=O) groups excluding carboxylic acids is 3. The van der Waals surface area contributed by atoms with Crippen molar-refractivity contribution in [1.29, 1.82) is 0 Å². The molecule has 2 amide bonds. The van der Waals surface area contributed by atoms with Crippen LogP contribution in [-0.4, -0.2) is 35.3 Å². The van der Waals surface area contributed by atoms with Crippen molar-refractivity contribution in [3.8, 4) is 0 Å². The van der Waals surface area contributed by atoms with Crippen molar-refractivity contribution in [2.75, 3.05) is 6.61 Å². The van der Waals surface area contributed by atoms with Gasteiger partial charge in [0.15, 0.2) is 0 Å². The Bertz CT molecular complexity index is 497. The van der Waals surface area contributed by atoms with Gasteiger partial charge in [0.1, 0.15) is 6.04 Å². The second-order valence-electron chi connectivity index (χ2n) is 4.24. The number of benzene rings is 1. The topological polar surface area (TPSA) is 63.7 Å². The lowest BCUT2D eigenvalue weighted by atomic mass is 10.1. The van der Waals surface area contributed by atoms with Crippen molar-refractivity contribution >= 4 is 17.8 Å². The summed E-state index contributed by atoms with van der Waals surface area (Å²) in [6.45, 7) is 1.93. The average molecular weight is 261 g/mol. The second-order valence-corrected chi connectivity index (χ2v) is 4.24. The van der Waals surface area contributed by atoms with E-state index in [4.69, 9.17) is 4.74 Å². The number of carbonyl (C=O) groups is 3. The Labute approximate surface area is 111 Å². The summed E-state index contributed by atoms with van der Waals surface area (Å²) in [5, 5.41) is 0. The van der Waals surface area contributed by atoms with Gasteiger partial charge in [-0.25, -0.2) is 4.79 Å². The molecule has 5 heteroatoms. The number of amides is 2. The fraction of sp³-hybridized carbons (Fsp3) is 0.357. The van der Waals surface area contributed by atoms with Crippen molar-refractivity contribution in [3.05, 3.63) is 35.9 Å². The first-order chi connectivity index (χ1) is 9.15. The Balaban J connectivity index is 2.23. The third kappa shape index (κ3) is 2.65. The van der Waals surface area contributed by atoms with Gasteiger partial charge >= 0.3 is 5.97 Å². The van der Waals surface area contributed by atoms with Crippen LogP contribution in [0.4, 0.5) is 0 Å². The number of nitrogens with zero attached hydrogens (tertiary/aromatic N) is 1. The minimum Gasteiger partial charge on any atom is -0.464 e. The molecule has 1 aliphatic heterocycles. The number of hydrogen-bond acceptors (Lipinski definition) is 4. The number of likely N-dealkylation sites (tertiary alicyclic amines) is 1. The fourth-order valence-electron chi connectivity index (χ4n) is 2.12. The van der Waals surface area contributed by atoms with E-state index in [1.54, 1.807) is 37.3 Å². The van der Waals surface area contributed by atoms with E-state index in [0.717, 1.165) is 4.90 Å². The Morgan fingerprint density at radius 2 is 2.00 bits per heavy atom. The first-order valence-electron chi connectivity index (χ1n) is 6.23. The number of esters is 1. The summed E-state index contributed by atoms with van der Waals surface area (Å²) in [5.41, 5.74) is 0.395. The van der Waals surface area contributed by atoms with E-state index in [9.17, 15) is 14.4 Å². The van der Waals surface area contributed by atoms with Crippen LogP contribution in [0.2, 0.25) is 0 Å². The largest absolute Gasteiger partial charge is 0.464 e. The standard InChI is InChI=1S/C14H15NO4/c1-2-19-14(18)11-8-9-12(16)15(11)13(17)10-6-4-3-5-7-10/h3-7,11H,2,8-9H2,1H3. The Kier molecular flexibility index (Phi) is 3.94. The van der Waals surface area contributed by atoms with Gasteiger partial charge < -0.3 is 4.74 Å². The summed E-state index contributed by atoms with van der Waals surface area (Å²) < 4.78 is 4.91. The minimum absolute atomic E-state index is 0.196. The molecule has 0 saturated carbocycles. The summed E-state index contributed by atoms with van der Waals surface area (Å²) in [5.74, 6) is -1.29. The van der Waals surface area contributed by atoms with Crippen molar-refractivity contribution in [1.82, 2.24) is 4.90 Å². The zero-order valence-electron chi connectivity index (χ0n) is 10.7. The summed E-state index contributed by atoms with van der Waals surface area (Å²) in [6.07, 6.45) is 0.526. The van der Waals surface area contributed by atoms with Crippen LogP contribution in [0.25, 0.3) is 0 Å². The van der Waals surface area contributed by atoms with E-state index in [1.165, 1.54) is 0 Å². The Hall–Kier alpha value is -2.17. The van der Waals surface area contributed by atoms with Crippen LogP contribution in [0.1, 0.15) is 30.1 Å². The molecule has 0 bridgehead atoms. The summed E-state index contributed by atoms with van der Waals surface area (Å²) in [7, 11) is 0. The number of hydrogen-bond donors (Lipinski definition) is 0. The molecule has 0 radical (unpaired) electrons. The molecule has 1 heterocycles. The van der Waals surface area contributed by atoms with Crippen LogP contribution in [0, 0.1) is 0 Å². The van der Waals surface area contributed by atoms with E-state index in [2.05, 4.69) is 0 Å². The van der Waals surface area contributed by atoms with Gasteiger partial charge in [0.05, 0.1) is 6.61 Å². The lowest BCUT2D eigenvalue weighted by molar-refractivity contribution is -0.149. The van der Waals surface area contributed by atoms with Crippen molar-refractivity contribution in [3.63, 3.8) is 0 Å². The molecule has 1 atom stereocenters. The normalized spacial score (nSPS) is 18.5. The van der Waals surface area contributed by atoms with E-state index in [-0.39, 0.29) is 18.9 Å². The van der Waals surface area contributed by atoms with Gasteiger partial charge in [-0.3, -0.25) is 14.5 Å².